The average Bonchev–Trinajstić information content (AvgIpc) is 2.41. The van der Waals surface area contributed by atoms with Gasteiger partial charge in [0, 0.05) is 30.8 Å². The Morgan fingerprint density at radius 3 is 2.55 bits per heavy atom. The van der Waals surface area contributed by atoms with Crippen molar-refractivity contribution in [3.63, 3.8) is 0 Å². The Morgan fingerprint density at radius 2 is 1.95 bits per heavy atom. The fourth-order valence-electron chi connectivity index (χ4n) is 1.87. The number of halogens is 1. The van der Waals surface area contributed by atoms with Crippen LogP contribution in [-0.4, -0.2) is 15.8 Å². The Bertz CT molecular complexity index is 647. The highest BCUT2D eigenvalue weighted by molar-refractivity contribution is 5.58. The first-order valence-electron chi connectivity index (χ1n) is 6.54. The number of hydrogen-bond acceptors (Lipinski definition) is 3. The van der Waals surface area contributed by atoms with E-state index in [0.717, 1.165) is 5.56 Å². The molecule has 0 spiro atoms. The molecule has 0 fully saturated rings. The van der Waals surface area contributed by atoms with Crippen LogP contribution in [0.25, 0.3) is 11.3 Å². The van der Waals surface area contributed by atoms with Crippen LogP contribution < -0.4 is 10.9 Å². The maximum absolute atomic E-state index is 12.9. The predicted molar refractivity (Wildman–Crippen MR) is 76.8 cm³/mol. The molecule has 0 atom stereocenters. The van der Waals surface area contributed by atoms with Crippen molar-refractivity contribution in [2.45, 2.75) is 26.4 Å². The molecule has 106 valence electrons. The van der Waals surface area contributed by atoms with Crippen molar-refractivity contribution in [1.29, 1.82) is 0 Å². The van der Waals surface area contributed by atoms with Crippen LogP contribution in [0.1, 0.15) is 19.4 Å². The SMILES string of the molecule is CC(C)NCc1cc(-c2ccc(F)cc2)nn(C)c1=O. The van der Waals surface area contributed by atoms with E-state index in [2.05, 4.69) is 10.4 Å². The number of aromatic nitrogens is 2. The van der Waals surface area contributed by atoms with Gasteiger partial charge in [0.2, 0.25) is 0 Å². The molecule has 0 saturated carbocycles. The second-order valence-corrected chi connectivity index (χ2v) is 5.03. The minimum absolute atomic E-state index is 0.121. The number of aryl methyl sites for hydroxylation is 1. The van der Waals surface area contributed by atoms with Crippen LogP contribution in [0, 0.1) is 5.82 Å². The number of nitrogens with one attached hydrogen (secondary N) is 1. The predicted octanol–water partition coefficient (Wildman–Crippen LogP) is 2.08. The first-order chi connectivity index (χ1) is 9.47. The van der Waals surface area contributed by atoms with E-state index >= 15 is 0 Å². The van der Waals surface area contributed by atoms with Gasteiger partial charge in [-0.25, -0.2) is 9.07 Å². The lowest BCUT2D eigenvalue weighted by atomic mass is 10.1. The zero-order chi connectivity index (χ0) is 14.7. The summed E-state index contributed by atoms with van der Waals surface area (Å²) in [5.74, 6) is -0.291. The zero-order valence-corrected chi connectivity index (χ0v) is 11.9. The summed E-state index contributed by atoms with van der Waals surface area (Å²) >= 11 is 0. The van der Waals surface area contributed by atoms with E-state index in [1.807, 2.05) is 13.8 Å². The van der Waals surface area contributed by atoms with Crippen molar-refractivity contribution in [1.82, 2.24) is 15.1 Å². The molecule has 2 aromatic rings. The number of benzene rings is 1. The second kappa shape index (κ2) is 5.96. The standard InChI is InChI=1S/C15H18FN3O/c1-10(2)17-9-12-8-14(18-19(3)15(12)20)11-4-6-13(16)7-5-11/h4-8,10,17H,9H2,1-3H3. The molecule has 0 bridgehead atoms. The van der Waals surface area contributed by atoms with Crippen LogP contribution in [0.5, 0.6) is 0 Å². The van der Waals surface area contributed by atoms with Crippen LogP contribution in [0.15, 0.2) is 35.1 Å². The van der Waals surface area contributed by atoms with E-state index < -0.39 is 0 Å². The lowest BCUT2D eigenvalue weighted by Gasteiger charge is -2.10. The fourth-order valence-corrected chi connectivity index (χ4v) is 1.87. The maximum atomic E-state index is 12.9. The fraction of sp³-hybridized carbons (Fsp3) is 0.333. The molecule has 0 aliphatic rings. The van der Waals surface area contributed by atoms with Gasteiger partial charge in [-0.15, -0.1) is 0 Å². The molecule has 1 heterocycles. The van der Waals surface area contributed by atoms with Gasteiger partial charge in [0.1, 0.15) is 5.82 Å². The molecule has 5 heteroatoms. The monoisotopic (exact) mass is 275 g/mol. The van der Waals surface area contributed by atoms with Crippen LogP contribution in [-0.2, 0) is 13.6 Å². The van der Waals surface area contributed by atoms with E-state index in [-0.39, 0.29) is 11.4 Å². The second-order valence-electron chi connectivity index (χ2n) is 5.03. The Hall–Kier alpha value is -2.01. The third-order valence-electron chi connectivity index (χ3n) is 2.98. The van der Waals surface area contributed by atoms with Gasteiger partial charge in [0.15, 0.2) is 0 Å². The summed E-state index contributed by atoms with van der Waals surface area (Å²) < 4.78 is 14.3. The molecule has 0 saturated heterocycles. The van der Waals surface area contributed by atoms with Gasteiger partial charge in [-0.3, -0.25) is 4.79 Å². The normalized spacial score (nSPS) is 11.1. The minimum atomic E-state index is -0.291. The number of rotatable bonds is 4. The first-order valence-corrected chi connectivity index (χ1v) is 6.54. The molecule has 1 aromatic heterocycles. The van der Waals surface area contributed by atoms with E-state index in [9.17, 15) is 9.18 Å². The summed E-state index contributed by atoms with van der Waals surface area (Å²) in [5, 5.41) is 7.43. The lowest BCUT2D eigenvalue weighted by Crippen LogP contribution is -2.30. The Labute approximate surface area is 117 Å². The number of hydrogen-bond donors (Lipinski definition) is 1. The van der Waals surface area contributed by atoms with Crippen LogP contribution in [0.2, 0.25) is 0 Å². The molecule has 2 rings (SSSR count). The Balaban J connectivity index is 2.40. The molecule has 1 N–H and O–H groups in total. The lowest BCUT2D eigenvalue weighted by molar-refractivity contribution is 0.577. The van der Waals surface area contributed by atoms with Gasteiger partial charge in [0.25, 0.3) is 5.56 Å². The summed E-state index contributed by atoms with van der Waals surface area (Å²) in [6.07, 6.45) is 0. The van der Waals surface area contributed by atoms with Crippen molar-refractivity contribution >= 4 is 0 Å². The van der Waals surface area contributed by atoms with E-state index in [0.29, 0.717) is 23.8 Å². The molecule has 1 aromatic carbocycles. The van der Waals surface area contributed by atoms with Gasteiger partial charge in [-0.1, -0.05) is 13.8 Å². The topological polar surface area (TPSA) is 46.9 Å². The number of nitrogens with zero attached hydrogens (tertiary/aromatic N) is 2. The molecule has 20 heavy (non-hydrogen) atoms. The van der Waals surface area contributed by atoms with Crippen LogP contribution in [0.3, 0.4) is 0 Å². The highest BCUT2D eigenvalue weighted by atomic mass is 19.1. The molecule has 4 nitrogen and oxygen atoms in total. The van der Waals surface area contributed by atoms with Gasteiger partial charge >= 0.3 is 0 Å². The summed E-state index contributed by atoms with van der Waals surface area (Å²) in [5.41, 5.74) is 1.97. The maximum Gasteiger partial charge on any atom is 0.271 e. The van der Waals surface area contributed by atoms with Crippen molar-refractivity contribution in [2.75, 3.05) is 0 Å². The Kier molecular flexibility index (Phi) is 4.29. The van der Waals surface area contributed by atoms with Crippen molar-refractivity contribution in [3.8, 4) is 11.3 Å². The van der Waals surface area contributed by atoms with Crippen molar-refractivity contribution < 1.29 is 4.39 Å². The molecule has 0 amide bonds. The van der Waals surface area contributed by atoms with E-state index in [1.54, 1.807) is 25.2 Å². The molecule has 0 aliphatic carbocycles. The quantitative estimate of drug-likeness (QED) is 0.929. The third-order valence-corrected chi connectivity index (χ3v) is 2.98. The Morgan fingerprint density at radius 1 is 1.30 bits per heavy atom. The summed E-state index contributed by atoms with van der Waals surface area (Å²) in [6.45, 7) is 4.53. The molecule has 0 aliphatic heterocycles. The molecular formula is C15H18FN3O. The zero-order valence-electron chi connectivity index (χ0n) is 11.9. The van der Waals surface area contributed by atoms with Crippen LogP contribution in [0.4, 0.5) is 4.39 Å². The largest absolute Gasteiger partial charge is 0.310 e. The van der Waals surface area contributed by atoms with Gasteiger partial charge in [0.05, 0.1) is 5.69 Å². The van der Waals surface area contributed by atoms with E-state index in [4.69, 9.17) is 0 Å². The summed E-state index contributed by atoms with van der Waals surface area (Å²) in [6, 6.07) is 8.12. The summed E-state index contributed by atoms with van der Waals surface area (Å²) in [7, 11) is 1.62. The highest BCUT2D eigenvalue weighted by Crippen LogP contribution is 2.16. The van der Waals surface area contributed by atoms with Gasteiger partial charge < -0.3 is 5.32 Å². The molecule has 0 unspecified atom stereocenters. The molecule has 0 radical (unpaired) electrons. The van der Waals surface area contributed by atoms with Gasteiger partial charge in [-0.2, -0.15) is 5.10 Å². The van der Waals surface area contributed by atoms with Crippen LogP contribution >= 0.6 is 0 Å². The average molecular weight is 275 g/mol. The first kappa shape index (κ1) is 14.4. The van der Waals surface area contributed by atoms with E-state index in [1.165, 1.54) is 16.8 Å². The van der Waals surface area contributed by atoms with Gasteiger partial charge in [-0.05, 0) is 30.3 Å². The van der Waals surface area contributed by atoms with Crippen molar-refractivity contribution in [2.24, 2.45) is 7.05 Å². The third kappa shape index (κ3) is 3.30. The highest BCUT2D eigenvalue weighted by Gasteiger charge is 2.08. The minimum Gasteiger partial charge on any atom is -0.310 e. The van der Waals surface area contributed by atoms with Crippen molar-refractivity contribution in [3.05, 3.63) is 52.1 Å². The smallest absolute Gasteiger partial charge is 0.271 e. The molecular weight excluding hydrogens is 257 g/mol. The summed E-state index contributed by atoms with van der Waals surface area (Å²) in [4.78, 5) is 12.0.